The molecule has 4 aliphatic rings. The smallest absolute Gasteiger partial charge is 0.269 e. The summed E-state index contributed by atoms with van der Waals surface area (Å²) in [6.45, 7) is 7.40. The maximum Gasteiger partial charge on any atom is 0.269 e. The number of morpholine rings is 2. The van der Waals surface area contributed by atoms with E-state index in [4.69, 9.17) is 9.47 Å². The van der Waals surface area contributed by atoms with Crippen molar-refractivity contribution in [2.75, 3.05) is 65.7 Å². The highest BCUT2D eigenvalue weighted by atomic mass is 16.5. The molecule has 0 aromatic carbocycles. The quantitative estimate of drug-likeness (QED) is 0.732. The van der Waals surface area contributed by atoms with Crippen molar-refractivity contribution in [3.8, 4) is 0 Å². The highest BCUT2D eigenvalue weighted by Crippen LogP contribution is 2.34. The van der Waals surface area contributed by atoms with Crippen LogP contribution in [0.15, 0.2) is 11.4 Å². The molecule has 26 heavy (non-hydrogen) atoms. The third kappa shape index (κ3) is 3.80. The second-order valence-corrected chi connectivity index (χ2v) is 7.76. The first-order chi connectivity index (χ1) is 12.7. The molecule has 0 spiro atoms. The highest BCUT2D eigenvalue weighted by molar-refractivity contribution is 5.14. The van der Waals surface area contributed by atoms with Crippen LogP contribution in [0.3, 0.4) is 0 Å². The standard InChI is InChI=1S/C18H31N4O4/c23-21-15-3-1-2-4-16(15)22(24)18(14-20-7-11-26-12-8-20)17(21)13-19-5-9-25-10-6-19/h15-16,23H,1-14H2/q+1/t15-,16+/m0/s1. The lowest BCUT2D eigenvalue weighted by atomic mass is 9.87. The minimum absolute atomic E-state index is 0.0780. The molecule has 0 aromatic rings. The van der Waals surface area contributed by atoms with Gasteiger partial charge in [0.05, 0.1) is 33.0 Å². The van der Waals surface area contributed by atoms with Crippen molar-refractivity contribution in [2.45, 2.75) is 37.8 Å². The monoisotopic (exact) mass is 367 g/mol. The van der Waals surface area contributed by atoms with E-state index in [-0.39, 0.29) is 12.1 Å². The number of hydrogen-bond donors (Lipinski definition) is 1. The van der Waals surface area contributed by atoms with Crippen molar-refractivity contribution in [1.82, 2.24) is 14.9 Å². The zero-order valence-electron chi connectivity index (χ0n) is 15.5. The normalized spacial score (nSPS) is 32.0. The number of hydrogen-bond acceptors (Lipinski definition) is 7. The number of nitrogens with zero attached hydrogens (tertiary/aromatic N) is 4. The van der Waals surface area contributed by atoms with E-state index in [0.29, 0.717) is 39.5 Å². The first-order valence-corrected chi connectivity index (χ1v) is 10.0. The van der Waals surface area contributed by atoms with Gasteiger partial charge >= 0.3 is 0 Å². The molecule has 1 N–H and O–H groups in total. The van der Waals surface area contributed by atoms with Crippen molar-refractivity contribution in [2.24, 2.45) is 0 Å². The molecule has 0 unspecified atom stereocenters. The predicted octanol–water partition coefficient (Wildman–Crippen LogP) is 0.657. The second kappa shape index (κ2) is 8.31. The SMILES string of the molecule is O=[N+]1C(CN2CCOCC2)=C(CN2CCOCC2)N(O)[C@H]2CCCC[C@H]21. The van der Waals surface area contributed by atoms with Gasteiger partial charge in [-0.2, -0.15) is 0 Å². The fourth-order valence-electron chi connectivity index (χ4n) is 4.58. The Bertz CT molecular complexity index is 543. The second-order valence-electron chi connectivity index (χ2n) is 7.76. The minimum atomic E-state index is -0.127. The van der Waals surface area contributed by atoms with Gasteiger partial charge in [-0.3, -0.25) is 15.0 Å². The van der Waals surface area contributed by atoms with Crippen molar-refractivity contribution in [3.63, 3.8) is 0 Å². The van der Waals surface area contributed by atoms with Crippen molar-refractivity contribution in [3.05, 3.63) is 16.3 Å². The van der Waals surface area contributed by atoms with Crippen molar-refractivity contribution in [1.29, 1.82) is 0 Å². The molecule has 1 saturated carbocycles. The molecule has 2 atom stereocenters. The topological polar surface area (TPSA) is 68.5 Å². The van der Waals surface area contributed by atoms with Gasteiger partial charge in [-0.1, -0.05) is 6.42 Å². The van der Waals surface area contributed by atoms with Crippen LogP contribution in [0.25, 0.3) is 0 Å². The largest absolute Gasteiger partial charge is 0.379 e. The Morgan fingerprint density at radius 1 is 0.923 bits per heavy atom. The highest BCUT2D eigenvalue weighted by Gasteiger charge is 2.49. The van der Waals surface area contributed by atoms with Crippen LogP contribution in [0.4, 0.5) is 0 Å². The third-order valence-electron chi connectivity index (χ3n) is 6.14. The summed E-state index contributed by atoms with van der Waals surface area (Å²) in [5.74, 6) is 0. The van der Waals surface area contributed by atoms with E-state index < -0.39 is 0 Å². The van der Waals surface area contributed by atoms with Gasteiger partial charge in [0.25, 0.3) is 5.70 Å². The Balaban J connectivity index is 1.60. The van der Waals surface area contributed by atoms with Gasteiger partial charge in [-0.15, -0.1) is 0 Å². The van der Waals surface area contributed by atoms with Gasteiger partial charge in [0.15, 0.2) is 0 Å². The fraction of sp³-hybridized carbons (Fsp3) is 0.889. The average Bonchev–Trinajstić information content (AvgIpc) is 2.70. The summed E-state index contributed by atoms with van der Waals surface area (Å²) in [5, 5.41) is 12.5. The minimum Gasteiger partial charge on any atom is -0.379 e. The molecule has 146 valence electrons. The van der Waals surface area contributed by atoms with E-state index in [9.17, 15) is 10.1 Å². The van der Waals surface area contributed by atoms with Gasteiger partial charge in [-0.25, -0.2) is 5.06 Å². The van der Waals surface area contributed by atoms with Crippen LogP contribution in [0.1, 0.15) is 25.7 Å². The van der Waals surface area contributed by atoms with Crippen LogP contribution in [0.2, 0.25) is 0 Å². The van der Waals surface area contributed by atoms with E-state index in [1.54, 1.807) is 0 Å². The maximum absolute atomic E-state index is 13.3. The van der Waals surface area contributed by atoms with Crippen LogP contribution in [-0.4, -0.2) is 103 Å². The third-order valence-corrected chi connectivity index (χ3v) is 6.14. The van der Waals surface area contributed by atoms with E-state index >= 15 is 0 Å². The number of nitroso groups, excluding NO2 is 1. The molecule has 2 saturated heterocycles. The van der Waals surface area contributed by atoms with Gasteiger partial charge in [-0.05, 0) is 12.8 Å². The molecule has 0 amide bonds. The van der Waals surface area contributed by atoms with Crippen LogP contribution in [-0.2, 0) is 9.47 Å². The molecule has 1 aliphatic carbocycles. The first kappa shape index (κ1) is 18.3. The van der Waals surface area contributed by atoms with E-state index in [2.05, 4.69) is 9.80 Å². The number of rotatable bonds is 4. The van der Waals surface area contributed by atoms with Crippen LogP contribution < -0.4 is 0 Å². The number of fused-ring (bicyclic) bond motifs is 1. The maximum atomic E-state index is 13.3. The van der Waals surface area contributed by atoms with Gasteiger partial charge < -0.3 is 9.47 Å². The summed E-state index contributed by atoms with van der Waals surface area (Å²) in [7, 11) is 0. The van der Waals surface area contributed by atoms with Crippen molar-refractivity contribution < 1.29 is 19.4 Å². The molecule has 3 heterocycles. The van der Waals surface area contributed by atoms with E-state index in [1.807, 2.05) is 0 Å². The molecule has 0 aromatic heterocycles. The molecule has 3 fully saturated rings. The lowest BCUT2D eigenvalue weighted by Gasteiger charge is -2.40. The lowest BCUT2D eigenvalue weighted by molar-refractivity contribution is -0.568. The molecular weight excluding hydrogens is 336 g/mol. The lowest BCUT2D eigenvalue weighted by Crippen LogP contribution is -2.56. The van der Waals surface area contributed by atoms with Gasteiger partial charge in [0, 0.05) is 48.8 Å². The molecule has 3 aliphatic heterocycles. The Hall–Kier alpha value is -1.06. The number of ether oxygens (including phenoxy) is 2. The molecule has 0 bridgehead atoms. The Morgan fingerprint density at radius 2 is 1.50 bits per heavy atom. The summed E-state index contributed by atoms with van der Waals surface area (Å²) in [6.07, 6.45) is 3.90. The zero-order valence-corrected chi connectivity index (χ0v) is 15.5. The molecule has 4 rings (SSSR count). The Kier molecular flexibility index (Phi) is 5.85. The summed E-state index contributed by atoms with van der Waals surface area (Å²) >= 11 is 0. The Labute approximate surface area is 154 Å². The molecule has 8 nitrogen and oxygen atoms in total. The molecule has 8 heteroatoms. The summed E-state index contributed by atoms with van der Waals surface area (Å²) in [5.41, 5.74) is 1.53. The summed E-state index contributed by atoms with van der Waals surface area (Å²) in [4.78, 5) is 17.8. The Morgan fingerprint density at radius 3 is 2.15 bits per heavy atom. The van der Waals surface area contributed by atoms with Crippen molar-refractivity contribution >= 4 is 0 Å². The summed E-state index contributed by atoms with van der Waals surface area (Å²) in [6, 6.07) is -0.205. The predicted molar refractivity (Wildman–Crippen MR) is 94.8 cm³/mol. The van der Waals surface area contributed by atoms with Crippen LogP contribution in [0.5, 0.6) is 0 Å². The fourth-order valence-corrected chi connectivity index (χ4v) is 4.58. The van der Waals surface area contributed by atoms with Gasteiger partial charge in [0.1, 0.15) is 11.7 Å². The van der Waals surface area contributed by atoms with Gasteiger partial charge in [0.2, 0.25) is 6.04 Å². The molecule has 0 radical (unpaired) electrons. The summed E-state index contributed by atoms with van der Waals surface area (Å²) < 4.78 is 12.1. The van der Waals surface area contributed by atoms with Crippen LogP contribution in [0, 0.1) is 4.91 Å². The first-order valence-electron chi connectivity index (χ1n) is 10.0. The van der Waals surface area contributed by atoms with E-state index in [0.717, 1.165) is 63.3 Å². The van der Waals surface area contributed by atoms with E-state index in [1.165, 1.54) is 9.82 Å². The number of hydroxylamine groups is 2. The molecular formula is C18H31N4O4+. The van der Waals surface area contributed by atoms with Crippen LogP contribution >= 0.6 is 0 Å². The zero-order chi connectivity index (χ0) is 17.9. The average molecular weight is 367 g/mol.